The molecular weight excluding hydrogens is 474 g/mol. The number of halogens is 2. The molecule has 0 aliphatic rings. The molecule has 0 radical (unpaired) electrons. The number of carbonyl (C=O) groups excluding carboxylic acids is 2. The largest absolute Gasteiger partial charge is 0.391 e. The number of benzene rings is 2. The van der Waals surface area contributed by atoms with Crippen LogP contribution in [-0.2, 0) is 4.84 Å². The lowest BCUT2D eigenvalue weighted by molar-refractivity contribution is 0.102. The molecule has 0 aliphatic carbocycles. The number of nitrogens with two attached hydrogens (primary N) is 1. The molecule has 5 N–H and O–H groups in total. The molecule has 10 heteroatoms. The molecule has 0 fully saturated rings. The highest BCUT2D eigenvalue weighted by atomic mass is 79.9. The summed E-state index contributed by atoms with van der Waals surface area (Å²) in [7, 11) is 0. The molecular formula is C20H15BrClN5O3. The SMILES string of the molecule is N=C(ON)c1ccc(C(=O)Nc2ccc(Cl)cc2C(=O)Nc2ccc(Br)cn2)cc1. The summed E-state index contributed by atoms with van der Waals surface area (Å²) in [6, 6.07) is 14.0. The first-order chi connectivity index (χ1) is 14.4. The third-order valence-electron chi connectivity index (χ3n) is 3.97. The fraction of sp³-hybridized carbons (Fsp3) is 0. The Morgan fingerprint density at radius 3 is 2.33 bits per heavy atom. The molecule has 3 aromatic rings. The third-order valence-corrected chi connectivity index (χ3v) is 4.67. The molecule has 0 atom stereocenters. The molecule has 3 rings (SSSR count). The molecule has 1 aromatic heterocycles. The predicted octanol–water partition coefficient (Wildman–Crippen LogP) is 4.22. The van der Waals surface area contributed by atoms with Crippen molar-refractivity contribution in [3.63, 3.8) is 0 Å². The van der Waals surface area contributed by atoms with E-state index in [1.807, 2.05) is 0 Å². The Bertz CT molecular complexity index is 1100. The second kappa shape index (κ2) is 9.49. The van der Waals surface area contributed by atoms with Crippen LogP contribution in [-0.4, -0.2) is 22.7 Å². The number of carbonyl (C=O) groups is 2. The first-order valence-corrected chi connectivity index (χ1v) is 9.64. The van der Waals surface area contributed by atoms with Gasteiger partial charge in [-0.25, -0.2) is 4.98 Å². The van der Waals surface area contributed by atoms with E-state index in [1.165, 1.54) is 36.4 Å². The number of hydrogen-bond donors (Lipinski definition) is 4. The third kappa shape index (κ3) is 5.20. The van der Waals surface area contributed by atoms with Gasteiger partial charge >= 0.3 is 0 Å². The highest BCUT2D eigenvalue weighted by molar-refractivity contribution is 9.10. The molecule has 2 aromatic carbocycles. The fourth-order valence-electron chi connectivity index (χ4n) is 2.48. The Hall–Kier alpha value is -3.27. The summed E-state index contributed by atoms with van der Waals surface area (Å²) < 4.78 is 0.774. The average molecular weight is 489 g/mol. The zero-order valence-corrected chi connectivity index (χ0v) is 17.6. The molecule has 152 valence electrons. The Kier molecular flexibility index (Phi) is 6.78. The van der Waals surface area contributed by atoms with E-state index in [0.29, 0.717) is 22.0 Å². The van der Waals surface area contributed by atoms with Crippen LogP contribution in [0.25, 0.3) is 0 Å². The van der Waals surface area contributed by atoms with E-state index in [2.05, 4.69) is 36.4 Å². The van der Waals surface area contributed by atoms with Gasteiger partial charge in [0.25, 0.3) is 11.8 Å². The van der Waals surface area contributed by atoms with Crippen molar-refractivity contribution in [2.45, 2.75) is 0 Å². The Labute approximate surface area is 185 Å². The van der Waals surface area contributed by atoms with Gasteiger partial charge in [0.15, 0.2) is 0 Å². The lowest BCUT2D eigenvalue weighted by Crippen LogP contribution is -2.19. The monoisotopic (exact) mass is 487 g/mol. The second-order valence-corrected chi connectivity index (χ2v) is 7.34. The van der Waals surface area contributed by atoms with E-state index in [4.69, 9.17) is 22.9 Å². The van der Waals surface area contributed by atoms with Crippen LogP contribution in [0.2, 0.25) is 5.02 Å². The van der Waals surface area contributed by atoms with Gasteiger partial charge in [0.05, 0.1) is 11.3 Å². The van der Waals surface area contributed by atoms with E-state index in [0.717, 1.165) is 4.47 Å². The standard InChI is InChI=1S/C20H15BrClN5O3/c21-13-5-8-17(25-10-13)27-20(29)15-9-14(22)6-7-16(15)26-19(28)12-3-1-11(2-4-12)18(23)30-24/h1-10,23H,24H2,(H,26,28)(H,25,27,29). The first kappa shape index (κ1) is 21.4. The van der Waals surface area contributed by atoms with Crippen molar-refractivity contribution in [3.8, 4) is 0 Å². The lowest BCUT2D eigenvalue weighted by atomic mass is 10.1. The number of nitrogens with zero attached hydrogens (tertiary/aromatic N) is 1. The number of rotatable bonds is 5. The van der Waals surface area contributed by atoms with Gasteiger partial charge in [-0.15, -0.1) is 0 Å². The van der Waals surface area contributed by atoms with E-state index in [1.54, 1.807) is 24.4 Å². The molecule has 1 heterocycles. The van der Waals surface area contributed by atoms with Gasteiger partial charge in [-0.1, -0.05) is 11.6 Å². The molecule has 0 spiro atoms. The molecule has 2 amide bonds. The maximum absolute atomic E-state index is 12.7. The smallest absolute Gasteiger partial charge is 0.258 e. The molecule has 30 heavy (non-hydrogen) atoms. The minimum Gasteiger partial charge on any atom is -0.391 e. The number of nitrogens with one attached hydrogen (secondary N) is 3. The minimum absolute atomic E-state index is 0.176. The first-order valence-electron chi connectivity index (χ1n) is 8.47. The second-order valence-electron chi connectivity index (χ2n) is 5.98. The van der Waals surface area contributed by atoms with Gasteiger partial charge < -0.3 is 15.5 Å². The molecule has 0 bridgehead atoms. The van der Waals surface area contributed by atoms with Crippen molar-refractivity contribution in [1.29, 1.82) is 5.41 Å². The van der Waals surface area contributed by atoms with Gasteiger partial charge in [-0.3, -0.25) is 15.0 Å². The van der Waals surface area contributed by atoms with Gasteiger partial charge in [0, 0.05) is 26.8 Å². The zero-order chi connectivity index (χ0) is 21.7. The predicted molar refractivity (Wildman–Crippen MR) is 118 cm³/mol. The van der Waals surface area contributed by atoms with Crippen molar-refractivity contribution >= 4 is 56.7 Å². The number of aromatic nitrogens is 1. The zero-order valence-electron chi connectivity index (χ0n) is 15.3. The summed E-state index contributed by atoms with van der Waals surface area (Å²) in [4.78, 5) is 33.8. The quantitative estimate of drug-likeness (QED) is 0.243. The number of pyridine rings is 1. The maximum atomic E-state index is 12.7. The Morgan fingerprint density at radius 2 is 1.70 bits per heavy atom. The Morgan fingerprint density at radius 1 is 1.00 bits per heavy atom. The molecule has 0 saturated heterocycles. The summed E-state index contributed by atoms with van der Waals surface area (Å²) in [5, 5.41) is 13.2. The van der Waals surface area contributed by atoms with Crippen LogP contribution >= 0.6 is 27.5 Å². The normalized spacial score (nSPS) is 10.2. The number of amides is 2. The number of hydrogen-bond acceptors (Lipinski definition) is 6. The summed E-state index contributed by atoms with van der Waals surface area (Å²) in [5.41, 5.74) is 1.19. The van der Waals surface area contributed by atoms with Gasteiger partial charge in [0.1, 0.15) is 5.82 Å². The van der Waals surface area contributed by atoms with Crippen molar-refractivity contribution < 1.29 is 14.4 Å². The maximum Gasteiger partial charge on any atom is 0.258 e. The van der Waals surface area contributed by atoms with Gasteiger partial charge in [-0.2, -0.15) is 5.90 Å². The summed E-state index contributed by atoms with van der Waals surface area (Å²) in [6.45, 7) is 0. The van der Waals surface area contributed by atoms with Crippen LogP contribution in [0, 0.1) is 5.41 Å². The molecule has 8 nitrogen and oxygen atoms in total. The molecule has 0 aliphatic heterocycles. The molecule has 0 unspecified atom stereocenters. The van der Waals surface area contributed by atoms with Gasteiger partial charge in [-0.05, 0) is 70.5 Å². The highest BCUT2D eigenvalue weighted by Gasteiger charge is 2.16. The van der Waals surface area contributed by atoms with Crippen LogP contribution in [0.15, 0.2) is 65.3 Å². The highest BCUT2D eigenvalue weighted by Crippen LogP contribution is 2.23. The van der Waals surface area contributed by atoms with E-state index in [-0.39, 0.29) is 17.1 Å². The fourth-order valence-corrected chi connectivity index (χ4v) is 2.89. The van der Waals surface area contributed by atoms with Crippen molar-refractivity contribution in [2.24, 2.45) is 5.90 Å². The minimum atomic E-state index is -0.480. The number of anilines is 2. The van der Waals surface area contributed by atoms with Crippen LogP contribution in [0.5, 0.6) is 0 Å². The van der Waals surface area contributed by atoms with Crippen LogP contribution < -0.4 is 16.5 Å². The van der Waals surface area contributed by atoms with Crippen molar-refractivity contribution in [2.75, 3.05) is 10.6 Å². The van der Waals surface area contributed by atoms with Crippen molar-refractivity contribution in [1.82, 2.24) is 4.98 Å². The summed E-state index contributed by atoms with van der Waals surface area (Å²) in [6.07, 6.45) is 1.55. The van der Waals surface area contributed by atoms with Crippen LogP contribution in [0.1, 0.15) is 26.3 Å². The Balaban J connectivity index is 1.80. The van der Waals surface area contributed by atoms with Gasteiger partial charge in [0.2, 0.25) is 5.90 Å². The van der Waals surface area contributed by atoms with E-state index in [9.17, 15) is 9.59 Å². The summed E-state index contributed by atoms with van der Waals surface area (Å²) >= 11 is 9.32. The molecule has 0 saturated carbocycles. The lowest BCUT2D eigenvalue weighted by Gasteiger charge is -2.12. The van der Waals surface area contributed by atoms with Crippen LogP contribution in [0.3, 0.4) is 0 Å². The topological polar surface area (TPSA) is 130 Å². The van der Waals surface area contributed by atoms with E-state index >= 15 is 0 Å². The van der Waals surface area contributed by atoms with Crippen LogP contribution in [0.4, 0.5) is 11.5 Å². The summed E-state index contributed by atoms with van der Waals surface area (Å²) in [5.74, 6) is 4.17. The average Bonchev–Trinajstić information content (AvgIpc) is 2.76. The van der Waals surface area contributed by atoms with E-state index < -0.39 is 11.8 Å². The van der Waals surface area contributed by atoms with Crippen molar-refractivity contribution in [3.05, 3.63) is 87.0 Å².